The van der Waals surface area contributed by atoms with Crippen LogP contribution >= 0.6 is 0 Å². The Kier molecular flexibility index (Phi) is 3.89. The minimum absolute atomic E-state index is 0.0923. The zero-order valence-corrected chi connectivity index (χ0v) is 8.06. The van der Waals surface area contributed by atoms with Crippen LogP contribution in [0.25, 0.3) is 4.85 Å². The summed E-state index contributed by atoms with van der Waals surface area (Å²) in [6.45, 7) is 5.90. The van der Waals surface area contributed by atoms with Crippen molar-refractivity contribution in [3.8, 4) is 0 Å². The number of carbonyl (C=O) groups is 1. The van der Waals surface area contributed by atoms with Gasteiger partial charge in [0.05, 0.1) is 0 Å². The Hall–Kier alpha value is -2.03. The average Bonchev–Trinajstić information content (AvgIpc) is 2.23. The molecule has 1 aromatic rings. The van der Waals surface area contributed by atoms with E-state index in [9.17, 15) is 18.0 Å². The Morgan fingerprint density at radius 2 is 1.88 bits per heavy atom. The van der Waals surface area contributed by atoms with E-state index in [0.29, 0.717) is 0 Å². The lowest BCUT2D eigenvalue weighted by atomic mass is 10.2. The highest BCUT2D eigenvalue weighted by molar-refractivity contribution is 5.79. The van der Waals surface area contributed by atoms with Gasteiger partial charge in [0.25, 0.3) is 12.5 Å². The Morgan fingerprint density at radius 3 is 2.38 bits per heavy atom. The molecule has 0 atom stereocenters. The summed E-state index contributed by atoms with van der Waals surface area (Å²) in [6.07, 6.45) is 0. The number of benzene rings is 1. The van der Waals surface area contributed by atoms with Gasteiger partial charge in [0.15, 0.2) is 17.5 Å². The molecule has 1 N–H and O–H groups in total. The summed E-state index contributed by atoms with van der Waals surface area (Å²) in [5, 5.41) is 2.27. The van der Waals surface area contributed by atoms with Crippen LogP contribution in [0.4, 0.5) is 13.2 Å². The minimum Gasteiger partial charge on any atom is -0.346 e. The van der Waals surface area contributed by atoms with Gasteiger partial charge in [-0.25, -0.2) is 19.7 Å². The maximum Gasteiger partial charge on any atom is 0.300 e. The SMILES string of the molecule is [C-]#[N+]CC(=O)NCc1cc(F)c(F)c(F)c1. The number of nitrogens with zero attached hydrogens (tertiary/aromatic N) is 1. The molecule has 16 heavy (non-hydrogen) atoms. The van der Waals surface area contributed by atoms with Crippen molar-refractivity contribution in [2.45, 2.75) is 6.54 Å². The van der Waals surface area contributed by atoms with E-state index >= 15 is 0 Å². The number of amides is 1. The first-order chi connectivity index (χ1) is 7.54. The Bertz CT molecular complexity index is 431. The molecule has 84 valence electrons. The van der Waals surface area contributed by atoms with Crippen LogP contribution in [0.2, 0.25) is 0 Å². The molecule has 0 aliphatic heterocycles. The number of hydrogen-bond acceptors (Lipinski definition) is 1. The van der Waals surface area contributed by atoms with Crippen molar-refractivity contribution in [2.24, 2.45) is 0 Å². The molecule has 0 fully saturated rings. The lowest BCUT2D eigenvalue weighted by Gasteiger charge is -2.03. The van der Waals surface area contributed by atoms with E-state index in [4.69, 9.17) is 6.57 Å². The molecule has 1 rings (SSSR count). The third-order valence-corrected chi connectivity index (χ3v) is 1.76. The van der Waals surface area contributed by atoms with Crippen molar-refractivity contribution in [2.75, 3.05) is 6.54 Å². The van der Waals surface area contributed by atoms with E-state index in [2.05, 4.69) is 10.2 Å². The summed E-state index contributed by atoms with van der Waals surface area (Å²) in [7, 11) is 0. The largest absolute Gasteiger partial charge is 0.346 e. The lowest BCUT2D eigenvalue weighted by molar-refractivity contribution is -0.119. The smallest absolute Gasteiger partial charge is 0.300 e. The highest BCUT2D eigenvalue weighted by atomic mass is 19.2. The molecule has 0 aromatic heterocycles. The summed E-state index contributed by atoms with van der Waals surface area (Å²) in [5.74, 6) is -4.72. The van der Waals surface area contributed by atoms with Crippen molar-refractivity contribution in [1.82, 2.24) is 5.32 Å². The highest BCUT2D eigenvalue weighted by Crippen LogP contribution is 2.13. The van der Waals surface area contributed by atoms with E-state index in [1.54, 1.807) is 0 Å². The fourth-order valence-corrected chi connectivity index (χ4v) is 1.04. The van der Waals surface area contributed by atoms with Gasteiger partial charge in [0.2, 0.25) is 0 Å². The molecule has 0 spiro atoms. The summed E-state index contributed by atoms with van der Waals surface area (Å²) >= 11 is 0. The van der Waals surface area contributed by atoms with Crippen molar-refractivity contribution >= 4 is 5.91 Å². The normalized spacial score (nSPS) is 9.62. The number of hydrogen-bond donors (Lipinski definition) is 1. The summed E-state index contributed by atoms with van der Waals surface area (Å²) in [5.41, 5.74) is 0.0923. The Morgan fingerprint density at radius 1 is 1.31 bits per heavy atom. The van der Waals surface area contributed by atoms with Gasteiger partial charge in [-0.3, -0.25) is 4.79 Å². The molecule has 1 aromatic carbocycles. The molecular formula is C10H7F3N2O. The van der Waals surface area contributed by atoms with Gasteiger partial charge in [-0.05, 0) is 17.7 Å². The maximum atomic E-state index is 12.7. The number of halogens is 3. The molecule has 0 radical (unpaired) electrons. The fourth-order valence-electron chi connectivity index (χ4n) is 1.04. The molecule has 3 nitrogen and oxygen atoms in total. The van der Waals surface area contributed by atoms with Gasteiger partial charge in [-0.15, -0.1) is 0 Å². The first kappa shape index (κ1) is 12.0. The van der Waals surface area contributed by atoms with E-state index in [0.717, 1.165) is 12.1 Å². The monoisotopic (exact) mass is 228 g/mol. The molecular weight excluding hydrogens is 221 g/mol. The quantitative estimate of drug-likeness (QED) is 0.619. The molecule has 0 bridgehead atoms. The number of nitrogens with one attached hydrogen (secondary N) is 1. The average molecular weight is 228 g/mol. The molecule has 0 saturated heterocycles. The number of rotatable bonds is 3. The Balaban J connectivity index is 2.69. The topological polar surface area (TPSA) is 33.5 Å². The van der Waals surface area contributed by atoms with Gasteiger partial charge in [-0.1, -0.05) is 0 Å². The van der Waals surface area contributed by atoms with Crippen LogP contribution in [0.3, 0.4) is 0 Å². The van der Waals surface area contributed by atoms with Gasteiger partial charge in [0, 0.05) is 6.54 Å². The van der Waals surface area contributed by atoms with Crippen LogP contribution in [0, 0.1) is 24.0 Å². The van der Waals surface area contributed by atoms with Crippen LogP contribution in [0.15, 0.2) is 12.1 Å². The molecule has 1 amide bonds. The van der Waals surface area contributed by atoms with Gasteiger partial charge in [0.1, 0.15) is 0 Å². The van der Waals surface area contributed by atoms with E-state index in [1.165, 1.54) is 0 Å². The molecule has 0 aliphatic rings. The fraction of sp³-hybridized carbons (Fsp3) is 0.200. The Labute approximate surface area is 89.7 Å². The standard InChI is InChI=1S/C10H7F3N2O/c1-14-5-9(16)15-4-6-2-7(11)10(13)8(12)3-6/h2-3H,4-5H2,(H,15,16). The zero-order chi connectivity index (χ0) is 12.1. The second-order valence-electron chi connectivity index (χ2n) is 2.97. The van der Waals surface area contributed by atoms with Gasteiger partial charge < -0.3 is 10.2 Å². The van der Waals surface area contributed by atoms with Crippen molar-refractivity contribution in [3.63, 3.8) is 0 Å². The second kappa shape index (κ2) is 5.16. The summed E-state index contributed by atoms with van der Waals surface area (Å²) < 4.78 is 38.0. The van der Waals surface area contributed by atoms with Crippen molar-refractivity contribution < 1.29 is 18.0 Å². The van der Waals surface area contributed by atoms with Crippen LogP contribution in [0.5, 0.6) is 0 Å². The van der Waals surface area contributed by atoms with Crippen LogP contribution in [-0.4, -0.2) is 12.5 Å². The van der Waals surface area contributed by atoms with Crippen LogP contribution in [-0.2, 0) is 11.3 Å². The highest BCUT2D eigenvalue weighted by Gasteiger charge is 2.11. The molecule has 0 aliphatic carbocycles. The van der Waals surface area contributed by atoms with Gasteiger partial charge >= 0.3 is 0 Å². The molecule has 0 unspecified atom stereocenters. The van der Waals surface area contributed by atoms with Crippen molar-refractivity contribution in [3.05, 3.63) is 46.6 Å². The summed E-state index contributed by atoms with van der Waals surface area (Å²) in [4.78, 5) is 13.7. The predicted octanol–water partition coefficient (Wildman–Crippen LogP) is 1.64. The van der Waals surface area contributed by atoms with E-state index in [-0.39, 0.29) is 18.7 Å². The van der Waals surface area contributed by atoms with Gasteiger partial charge in [-0.2, -0.15) is 0 Å². The molecule has 6 heteroatoms. The minimum atomic E-state index is -1.55. The maximum absolute atomic E-state index is 12.7. The number of carbonyl (C=O) groups excluding carboxylic acids is 1. The van der Waals surface area contributed by atoms with Crippen LogP contribution < -0.4 is 5.32 Å². The first-order valence-corrected chi connectivity index (χ1v) is 4.28. The third-order valence-electron chi connectivity index (χ3n) is 1.76. The molecule has 0 saturated carbocycles. The second-order valence-corrected chi connectivity index (χ2v) is 2.97. The first-order valence-electron chi connectivity index (χ1n) is 4.28. The van der Waals surface area contributed by atoms with Crippen LogP contribution in [0.1, 0.15) is 5.56 Å². The van der Waals surface area contributed by atoms with E-state index < -0.39 is 23.4 Å². The molecule has 0 heterocycles. The van der Waals surface area contributed by atoms with E-state index in [1.807, 2.05) is 0 Å². The summed E-state index contributed by atoms with van der Waals surface area (Å²) in [6, 6.07) is 1.58. The van der Waals surface area contributed by atoms with Crippen molar-refractivity contribution in [1.29, 1.82) is 0 Å². The lowest BCUT2D eigenvalue weighted by Crippen LogP contribution is -2.24. The predicted molar refractivity (Wildman–Crippen MR) is 49.6 cm³/mol. The third kappa shape index (κ3) is 2.98. The zero-order valence-electron chi connectivity index (χ0n) is 8.06.